The van der Waals surface area contributed by atoms with E-state index in [0.29, 0.717) is 20.8 Å². The average Bonchev–Trinajstić information content (AvgIpc) is 3.10. The van der Waals surface area contributed by atoms with Crippen molar-refractivity contribution in [2.75, 3.05) is 23.5 Å². The number of thioether (sulfide) groups is 1. The second kappa shape index (κ2) is 8.63. The van der Waals surface area contributed by atoms with E-state index in [1.54, 1.807) is 49.6 Å². The molecule has 0 aliphatic rings. The normalized spacial score (nSPS) is 10.4. The van der Waals surface area contributed by atoms with Gasteiger partial charge in [-0.2, -0.15) is 0 Å². The number of hydrogen-bond acceptors (Lipinski definition) is 7. The smallest absolute Gasteiger partial charge is 0.234 e. The van der Waals surface area contributed by atoms with Gasteiger partial charge < -0.3 is 15.4 Å². The number of nitrogens with zero attached hydrogens (tertiary/aromatic N) is 2. The quantitative estimate of drug-likeness (QED) is 0.590. The Morgan fingerprint density at radius 2 is 1.96 bits per heavy atom. The van der Waals surface area contributed by atoms with Crippen LogP contribution in [0.4, 0.5) is 20.9 Å². The van der Waals surface area contributed by atoms with E-state index in [2.05, 4.69) is 20.8 Å². The van der Waals surface area contributed by atoms with Crippen molar-refractivity contribution in [2.24, 2.45) is 0 Å². The standard InChI is InChI=1S/C17H15FN4O2S2/c1-24-12-8-6-11(7-9-12)19-15(23)10-25-17-22-21-16(26-17)20-14-5-3-2-4-13(14)18/h2-9H,10H2,1H3,(H,19,23)(H,20,21). The van der Waals surface area contributed by atoms with Gasteiger partial charge in [0.2, 0.25) is 11.0 Å². The van der Waals surface area contributed by atoms with Gasteiger partial charge in [-0.15, -0.1) is 10.2 Å². The number of aromatic nitrogens is 2. The maximum atomic E-state index is 13.6. The summed E-state index contributed by atoms with van der Waals surface area (Å²) in [6, 6.07) is 13.4. The molecule has 1 amide bonds. The van der Waals surface area contributed by atoms with E-state index in [4.69, 9.17) is 4.74 Å². The molecule has 2 N–H and O–H groups in total. The zero-order valence-corrected chi connectivity index (χ0v) is 15.4. The van der Waals surface area contributed by atoms with Crippen LogP contribution in [0.5, 0.6) is 5.75 Å². The Balaban J connectivity index is 1.51. The van der Waals surface area contributed by atoms with Crippen LogP contribution in [0.2, 0.25) is 0 Å². The third-order valence-electron chi connectivity index (χ3n) is 3.22. The van der Waals surface area contributed by atoms with E-state index >= 15 is 0 Å². The Morgan fingerprint density at radius 1 is 1.19 bits per heavy atom. The minimum absolute atomic E-state index is 0.154. The van der Waals surface area contributed by atoms with Crippen LogP contribution in [0.3, 0.4) is 0 Å². The summed E-state index contributed by atoms with van der Waals surface area (Å²) in [6.07, 6.45) is 0. The van der Waals surface area contributed by atoms with Crippen molar-refractivity contribution >= 4 is 45.5 Å². The Labute approximate surface area is 157 Å². The summed E-state index contributed by atoms with van der Waals surface area (Å²) in [4.78, 5) is 12.0. The SMILES string of the molecule is COc1ccc(NC(=O)CSc2nnc(Nc3ccccc3F)s2)cc1. The molecule has 9 heteroatoms. The Hall–Kier alpha value is -2.65. The van der Waals surface area contributed by atoms with Gasteiger partial charge in [0.15, 0.2) is 4.34 Å². The average molecular weight is 390 g/mol. The Bertz CT molecular complexity index is 886. The second-order valence-electron chi connectivity index (χ2n) is 5.04. The van der Waals surface area contributed by atoms with Gasteiger partial charge in [-0.05, 0) is 36.4 Å². The lowest BCUT2D eigenvalue weighted by molar-refractivity contribution is -0.113. The molecule has 0 spiro atoms. The predicted octanol–water partition coefficient (Wildman–Crippen LogP) is 4.16. The molecular weight excluding hydrogens is 375 g/mol. The van der Waals surface area contributed by atoms with Gasteiger partial charge in [0.1, 0.15) is 11.6 Å². The molecule has 2 aromatic carbocycles. The molecule has 3 aromatic rings. The van der Waals surface area contributed by atoms with E-state index in [1.165, 1.54) is 29.2 Å². The van der Waals surface area contributed by atoms with Crippen LogP contribution < -0.4 is 15.4 Å². The summed E-state index contributed by atoms with van der Waals surface area (Å²) in [5, 5.41) is 14.1. The molecule has 0 atom stereocenters. The molecule has 3 rings (SSSR count). The first kappa shape index (κ1) is 18.2. The van der Waals surface area contributed by atoms with Gasteiger partial charge in [0.05, 0.1) is 18.6 Å². The van der Waals surface area contributed by atoms with Gasteiger partial charge in [-0.3, -0.25) is 4.79 Å². The minimum atomic E-state index is -0.365. The first-order valence-corrected chi connectivity index (χ1v) is 9.36. The Kier molecular flexibility index (Phi) is 6.03. The highest BCUT2D eigenvalue weighted by Gasteiger charge is 2.10. The molecule has 1 aromatic heterocycles. The van der Waals surface area contributed by atoms with E-state index in [9.17, 15) is 9.18 Å². The number of methoxy groups -OCH3 is 1. The molecular formula is C17H15FN4O2S2. The lowest BCUT2D eigenvalue weighted by Crippen LogP contribution is -2.13. The van der Waals surface area contributed by atoms with E-state index < -0.39 is 0 Å². The number of rotatable bonds is 7. The number of para-hydroxylation sites is 1. The van der Waals surface area contributed by atoms with E-state index in [-0.39, 0.29) is 17.5 Å². The molecule has 0 saturated carbocycles. The summed E-state index contributed by atoms with van der Waals surface area (Å²) < 4.78 is 19.3. The predicted molar refractivity (Wildman–Crippen MR) is 102 cm³/mol. The number of anilines is 3. The highest BCUT2D eigenvalue weighted by molar-refractivity contribution is 8.01. The van der Waals surface area contributed by atoms with Crippen LogP contribution in [-0.2, 0) is 4.79 Å². The highest BCUT2D eigenvalue weighted by atomic mass is 32.2. The lowest BCUT2D eigenvalue weighted by atomic mass is 10.3. The number of ether oxygens (including phenoxy) is 1. The van der Waals surface area contributed by atoms with E-state index in [0.717, 1.165) is 5.75 Å². The van der Waals surface area contributed by atoms with Crippen molar-refractivity contribution in [1.82, 2.24) is 10.2 Å². The van der Waals surface area contributed by atoms with Crippen molar-refractivity contribution in [3.63, 3.8) is 0 Å². The van der Waals surface area contributed by atoms with Crippen molar-refractivity contribution < 1.29 is 13.9 Å². The number of carbonyl (C=O) groups is 1. The first-order valence-electron chi connectivity index (χ1n) is 7.56. The second-order valence-corrected chi connectivity index (χ2v) is 7.24. The molecule has 6 nitrogen and oxygen atoms in total. The third-order valence-corrected chi connectivity index (χ3v) is 5.19. The number of nitrogens with one attached hydrogen (secondary N) is 2. The Morgan fingerprint density at radius 3 is 2.69 bits per heavy atom. The van der Waals surface area contributed by atoms with Crippen molar-refractivity contribution in [3.05, 3.63) is 54.3 Å². The molecule has 0 aliphatic heterocycles. The van der Waals surface area contributed by atoms with Gasteiger partial charge >= 0.3 is 0 Å². The maximum Gasteiger partial charge on any atom is 0.234 e. The van der Waals surface area contributed by atoms with Crippen molar-refractivity contribution in [1.29, 1.82) is 0 Å². The third kappa shape index (κ3) is 4.93. The number of carbonyl (C=O) groups excluding carboxylic acids is 1. The monoisotopic (exact) mass is 390 g/mol. The minimum Gasteiger partial charge on any atom is -0.497 e. The van der Waals surface area contributed by atoms with Gasteiger partial charge in [0.25, 0.3) is 0 Å². The van der Waals surface area contributed by atoms with Gasteiger partial charge in [0, 0.05) is 5.69 Å². The van der Waals surface area contributed by atoms with Crippen LogP contribution in [0.1, 0.15) is 0 Å². The zero-order valence-electron chi connectivity index (χ0n) is 13.7. The molecule has 0 unspecified atom stereocenters. The van der Waals surface area contributed by atoms with Crippen LogP contribution in [0.25, 0.3) is 0 Å². The lowest BCUT2D eigenvalue weighted by Gasteiger charge is -2.05. The first-order chi connectivity index (χ1) is 12.6. The topological polar surface area (TPSA) is 76.1 Å². The maximum absolute atomic E-state index is 13.6. The molecule has 1 heterocycles. The molecule has 26 heavy (non-hydrogen) atoms. The van der Waals surface area contributed by atoms with Crippen molar-refractivity contribution in [3.8, 4) is 5.75 Å². The molecule has 0 aliphatic carbocycles. The van der Waals surface area contributed by atoms with Crippen molar-refractivity contribution in [2.45, 2.75) is 4.34 Å². The van der Waals surface area contributed by atoms with E-state index in [1.807, 2.05) is 0 Å². The number of hydrogen-bond donors (Lipinski definition) is 2. The van der Waals surface area contributed by atoms with Crippen LogP contribution in [-0.4, -0.2) is 29.0 Å². The fourth-order valence-corrected chi connectivity index (χ4v) is 3.56. The summed E-state index contributed by atoms with van der Waals surface area (Å²) in [5.74, 6) is 0.399. The zero-order chi connectivity index (χ0) is 18.4. The van der Waals surface area contributed by atoms with Crippen LogP contribution in [0, 0.1) is 5.82 Å². The number of halogens is 1. The largest absolute Gasteiger partial charge is 0.497 e. The molecule has 0 radical (unpaired) electrons. The number of benzene rings is 2. The highest BCUT2D eigenvalue weighted by Crippen LogP contribution is 2.28. The summed E-state index contributed by atoms with van der Waals surface area (Å²) >= 11 is 2.52. The molecule has 134 valence electrons. The number of amides is 1. The van der Waals surface area contributed by atoms with Gasteiger partial charge in [-0.1, -0.05) is 35.2 Å². The summed E-state index contributed by atoms with van der Waals surface area (Å²) in [6.45, 7) is 0. The molecule has 0 bridgehead atoms. The molecule has 0 saturated heterocycles. The summed E-state index contributed by atoms with van der Waals surface area (Å²) in [7, 11) is 1.58. The van der Waals surface area contributed by atoms with Gasteiger partial charge in [-0.25, -0.2) is 4.39 Å². The fourth-order valence-electron chi connectivity index (χ4n) is 2.00. The fraction of sp³-hybridized carbons (Fsp3) is 0.118. The van der Waals surface area contributed by atoms with Crippen LogP contribution >= 0.6 is 23.1 Å². The molecule has 0 fully saturated rings. The van der Waals surface area contributed by atoms with Crippen LogP contribution in [0.15, 0.2) is 52.9 Å². The summed E-state index contributed by atoms with van der Waals surface area (Å²) in [5.41, 5.74) is 1.02.